The van der Waals surface area contributed by atoms with Crippen LogP contribution in [-0.4, -0.2) is 47.4 Å². The van der Waals surface area contributed by atoms with Gasteiger partial charge < -0.3 is 20.3 Å². The van der Waals surface area contributed by atoms with Gasteiger partial charge in [-0.3, -0.25) is 9.59 Å². The van der Waals surface area contributed by atoms with E-state index in [1.54, 1.807) is 6.08 Å². The molecule has 0 aromatic carbocycles. The third-order valence-corrected chi connectivity index (χ3v) is 15.6. The molecule has 3 N–H and O–H groups in total. The van der Waals surface area contributed by atoms with Crippen LogP contribution in [0.15, 0.2) is 12.2 Å². The maximum atomic E-state index is 12.5. The van der Waals surface area contributed by atoms with E-state index in [2.05, 4.69) is 19.2 Å². The van der Waals surface area contributed by atoms with E-state index >= 15 is 0 Å². The molecule has 0 radical (unpaired) electrons. The summed E-state index contributed by atoms with van der Waals surface area (Å²) >= 11 is 0. The summed E-state index contributed by atoms with van der Waals surface area (Å²) in [7, 11) is 0. The van der Waals surface area contributed by atoms with Crippen LogP contribution in [-0.2, 0) is 14.3 Å². The summed E-state index contributed by atoms with van der Waals surface area (Å²) in [5, 5.41) is 23.1. The van der Waals surface area contributed by atoms with Crippen LogP contribution in [0.5, 0.6) is 0 Å². The monoisotopic (exact) mass is 1020 g/mol. The zero-order valence-electron chi connectivity index (χ0n) is 48.9. The molecule has 0 bridgehead atoms. The van der Waals surface area contributed by atoms with Crippen molar-refractivity contribution in [3.05, 3.63) is 12.2 Å². The van der Waals surface area contributed by atoms with Gasteiger partial charge in [-0.25, -0.2) is 0 Å². The number of hydrogen-bond acceptors (Lipinski definition) is 5. The fourth-order valence-electron chi connectivity index (χ4n) is 10.5. The van der Waals surface area contributed by atoms with E-state index in [0.717, 1.165) is 38.5 Å². The van der Waals surface area contributed by atoms with Gasteiger partial charge in [0.1, 0.15) is 0 Å². The summed E-state index contributed by atoms with van der Waals surface area (Å²) in [5.74, 6) is -0.0449. The van der Waals surface area contributed by atoms with Gasteiger partial charge in [0.05, 0.1) is 25.4 Å². The lowest BCUT2D eigenvalue weighted by Crippen LogP contribution is -2.45. The first kappa shape index (κ1) is 70.6. The highest BCUT2D eigenvalue weighted by atomic mass is 16.5. The molecule has 2 atom stereocenters. The van der Waals surface area contributed by atoms with Crippen LogP contribution in [0, 0.1) is 0 Å². The Labute approximate surface area is 450 Å². The molecule has 0 rings (SSSR count). The minimum atomic E-state index is -0.842. The quantitative estimate of drug-likeness (QED) is 0.0320. The third-order valence-electron chi connectivity index (χ3n) is 15.6. The summed E-state index contributed by atoms with van der Waals surface area (Å²) in [6, 6.07) is -0.626. The second-order valence-corrected chi connectivity index (χ2v) is 22.8. The molecule has 0 aliphatic rings. The second kappa shape index (κ2) is 62.1. The molecule has 0 saturated carbocycles. The number of ether oxygens (including phenoxy) is 1. The Bertz CT molecular complexity index is 1080. The molecule has 428 valence electrons. The molecule has 0 heterocycles. The predicted molar refractivity (Wildman–Crippen MR) is 315 cm³/mol. The van der Waals surface area contributed by atoms with E-state index in [1.165, 1.54) is 308 Å². The van der Waals surface area contributed by atoms with Crippen molar-refractivity contribution in [3.63, 3.8) is 0 Å². The Morgan fingerprint density at radius 2 is 0.639 bits per heavy atom. The molecule has 6 nitrogen and oxygen atoms in total. The average Bonchev–Trinajstić information content (AvgIpc) is 3.38. The van der Waals surface area contributed by atoms with Crippen molar-refractivity contribution in [2.45, 2.75) is 386 Å². The highest BCUT2D eigenvalue weighted by molar-refractivity contribution is 5.76. The molecule has 0 saturated heterocycles. The van der Waals surface area contributed by atoms with Crippen molar-refractivity contribution in [2.75, 3.05) is 13.2 Å². The first-order valence-electron chi connectivity index (χ1n) is 33.0. The number of nitrogens with one attached hydrogen (secondary N) is 1. The van der Waals surface area contributed by atoms with Crippen molar-refractivity contribution >= 4 is 11.9 Å². The molecule has 0 aromatic rings. The van der Waals surface area contributed by atoms with Crippen LogP contribution in [0.3, 0.4) is 0 Å². The number of amides is 1. The van der Waals surface area contributed by atoms with Gasteiger partial charge in [0.25, 0.3) is 0 Å². The lowest BCUT2D eigenvalue weighted by Gasteiger charge is -2.20. The van der Waals surface area contributed by atoms with Crippen LogP contribution < -0.4 is 5.32 Å². The molecule has 0 aliphatic heterocycles. The molecule has 1 amide bonds. The number of aliphatic hydroxyl groups excluding tert-OH is 2. The fourth-order valence-corrected chi connectivity index (χ4v) is 10.5. The molecule has 2 unspecified atom stereocenters. The van der Waals surface area contributed by atoms with E-state index in [-0.39, 0.29) is 18.5 Å². The zero-order valence-corrected chi connectivity index (χ0v) is 48.9. The predicted octanol–water partition coefficient (Wildman–Crippen LogP) is 20.8. The molecule has 0 fully saturated rings. The lowest BCUT2D eigenvalue weighted by molar-refractivity contribution is -0.143. The van der Waals surface area contributed by atoms with E-state index in [9.17, 15) is 19.8 Å². The van der Waals surface area contributed by atoms with Crippen LogP contribution in [0.4, 0.5) is 0 Å². The molecule has 72 heavy (non-hydrogen) atoms. The van der Waals surface area contributed by atoms with Crippen LogP contribution in [0.1, 0.15) is 373 Å². The van der Waals surface area contributed by atoms with Crippen molar-refractivity contribution < 1.29 is 24.5 Å². The van der Waals surface area contributed by atoms with Crippen molar-refractivity contribution in [3.8, 4) is 0 Å². The van der Waals surface area contributed by atoms with Crippen LogP contribution in [0.25, 0.3) is 0 Å². The minimum absolute atomic E-state index is 0.0197. The maximum absolute atomic E-state index is 12.5. The highest BCUT2D eigenvalue weighted by Crippen LogP contribution is 2.19. The molecule has 0 spiro atoms. The Balaban J connectivity index is 3.35. The number of carbonyl (C=O) groups excluding carboxylic acids is 2. The first-order valence-corrected chi connectivity index (χ1v) is 33.0. The lowest BCUT2D eigenvalue weighted by atomic mass is 10.0. The highest BCUT2D eigenvalue weighted by Gasteiger charge is 2.18. The topological polar surface area (TPSA) is 95.9 Å². The summed E-state index contributed by atoms with van der Waals surface area (Å²) < 4.78 is 5.50. The van der Waals surface area contributed by atoms with Gasteiger partial charge in [0.2, 0.25) is 5.91 Å². The fraction of sp³-hybridized carbons (Fsp3) is 0.939. The van der Waals surface area contributed by atoms with Crippen LogP contribution in [0.2, 0.25) is 0 Å². The smallest absolute Gasteiger partial charge is 0.305 e. The number of unbranched alkanes of at least 4 members (excludes halogenated alkanes) is 51. The Hall–Kier alpha value is -1.40. The molecular formula is C66H129NO5. The van der Waals surface area contributed by atoms with Crippen molar-refractivity contribution in [1.29, 1.82) is 0 Å². The Morgan fingerprint density at radius 1 is 0.375 bits per heavy atom. The number of aliphatic hydroxyl groups is 2. The summed E-state index contributed by atoms with van der Waals surface area (Å²) in [4.78, 5) is 24.6. The maximum Gasteiger partial charge on any atom is 0.305 e. The van der Waals surface area contributed by atoms with Gasteiger partial charge in [-0.2, -0.15) is 0 Å². The largest absolute Gasteiger partial charge is 0.466 e. The molecular weight excluding hydrogens is 887 g/mol. The molecule has 0 aromatic heterocycles. The third kappa shape index (κ3) is 57.9. The minimum Gasteiger partial charge on any atom is -0.466 e. The van der Waals surface area contributed by atoms with E-state index in [1.807, 2.05) is 6.08 Å². The summed E-state index contributed by atoms with van der Waals surface area (Å²) in [6.45, 7) is 4.94. The first-order chi connectivity index (χ1) is 35.5. The van der Waals surface area contributed by atoms with E-state index in [0.29, 0.717) is 19.4 Å². The molecule has 0 aliphatic carbocycles. The second-order valence-electron chi connectivity index (χ2n) is 22.8. The number of hydrogen-bond donors (Lipinski definition) is 3. The van der Waals surface area contributed by atoms with Crippen molar-refractivity contribution in [2.24, 2.45) is 0 Å². The SMILES string of the molecule is CCCCCCCCCCCCCC/C=C/C(O)C(CO)NC(=O)CCCCCCCCCCCCCCCCCCCCCCCCCCOC(=O)CCCCCCCCCCCCCCCCCCC. The number of allylic oxidation sites excluding steroid dienone is 1. The number of esters is 1. The number of rotatable bonds is 62. The van der Waals surface area contributed by atoms with Gasteiger partial charge in [-0.15, -0.1) is 0 Å². The van der Waals surface area contributed by atoms with Crippen LogP contribution >= 0.6 is 0 Å². The normalized spacial score (nSPS) is 12.6. The summed E-state index contributed by atoms with van der Waals surface area (Å²) in [5.41, 5.74) is 0. The van der Waals surface area contributed by atoms with E-state index < -0.39 is 12.1 Å². The van der Waals surface area contributed by atoms with Gasteiger partial charge in [0, 0.05) is 12.8 Å². The standard InChI is InChI=1S/C66H129NO5/c1-3-5-7-9-11-13-15-17-19-28-32-36-40-44-48-52-56-60-66(71)72-61-57-53-49-45-41-37-33-30-27-25-23-21-20-22-24-26-29-31-35-39-43-47-51-55-59-65(70)67-63(62-68)64(69)58-54-50-46-42-38-34-18-16-14-12-10-8-6-4-2/h54,58,63-64,68-69H,3-53,55-57,59-62H2,1-2H3,(H,67,70)/b58-54+. The Kier molecular flexibility index (Phi) is 60.9. The van der Waals surface area contributed by atoms with Gasteiger partial charge in [-0.1, -0.05) is 341 Å². The summed E-state index contributed by atoms with van der Waals surface area (Å²) in [6.07, 6.45) is 75.6. The van der Waals surface area contributed by atoms with Gasteiger partial charge >= 0.3 is 5.97 Å². The molecule has 6 heteroatoms. The van der Waals surface area contributed by atoms with E-state index in [4.69, 9.17) is 4.74 Å². The number of carbonyl (C=O) groups is 2. The zero-order chi connectivity index (χ0) is 52.2. The Morgan fingerprint density at radius 3 is 0.944 bits per heavy atom. The average molecular weight is 1020 g/mol. The van der Waals surface area contributed by atoms with Crippen molar-refractivity contribution in [1.82, 2.24) is 5.32 Å². The van der Waals surface area contributed by atoms with Gasteiger partial charge in [0.15, 0.2) is 0 Å². The van der Waals surface area contributed by atoms with Gasteiger partial charge in [-0.05, 0) is 32.1 Å².